The molecule has 6 heteroatoms. The van der Waals surface area contributed by atoms with Crippen LogP contribution in [0.25, 0.3) is 10.6 Å². The van der Waals surface area contributed by atoms with Crippen LogP contribution >= 0.6 is 11.3 Å². The van der Waals surface area contributed by atoms with Crippen molar-refractivity contribution in [1.82, 2.24) is 14.8 Å². The van der Waals surface area contributed by atoms with E-state index < -0.39 is 0 Å². The van der Waals surface area contributed by atoms with Gasteiger partial charge in [0.1, 0.15) is 15.7 Å². The van der Waals surface area contributed by atoms with Gasteiger partial charge in [-0.05, 0) is 51.2 Å². The van der Waals surface area contributed by atoms with Crippen molar-refractivity contribution in [3.8, 4) is 10.6 Å². The number of hydrogen-bond acceptors (Lipinski definition) is 4. The number of aromatic nitrogens is 1. The van der Waals surface area contributed by atoms with Gasteiger partial charge in [0.05, 0.1) is 5.69 Å². The van der Waals surface area contributed by atoms with Crippen molar-refractivity contribution in [2.45, 2.75) is 13.3 Å². The van der Waals surface area contributed by atoms with E-state index in [9.17, 15) is 9.18 Å². The molecular formula is C17H20FN3OS. The number of nitrogens with zero attached hydrogens (tertiary/aromatic N) is 3. The monoisotopic (exact) mass is 333 g/mol. The molecule has 1 fully saturated rings. The Morgan fingerprint density at radius 3 is 2.65 bits per heavy atom. The standard InChI is InChI=1S/C17H20FN3OS/c1-12-15(17(22)21-9-3-8-20(2)10-11-21)23-16(19-12)13-4-6-14(18)7-5-13/h4-7H,3,8-11H2,1-2H3. The molecule has 4 nitrogen and oxygen atoms in total. The second-order valence-corrected chi connectivity index (χ2v) is 6.89. The first-order chi connectivity index (χ1) is 11.0. The molecule has 3 rings (SSSR count). The lowest BCUT2D eigenvalue weighted by atomic mass is 10.2. The van der Waals surface area contributed by atoms with E-state index in [-0.39, 0.29) is 11.7 Å². The van der Waals surface area contributed by atoms with Crippen LogP contribution < -0.4 is 0 Å². The molecule has 1 aromatic carbocycles. The molecule has 23 heavy (non-hydrogen) atoms. The van der Waals surface area contributed by atoms with Gasteiger partial charge in [0.25, 0.3) is 5.91 Å². The molecule has 0 unspecified atom stereocenters. The topological polar surface area (TPSA) is 36.4 Å². The minimum absolute atomic E-state index is 0.0589. The minimum Gasteiger partial charge on any atom is -0.337 e. The van der Waals surface area contributed by atoms with Crippen LogP contribution in [0.5, 0.6) is 0 Å². The molecule has 0 atom stereocenters. The largest absolute Gasteiger partial charge is 0.337 e. The van der Waals surface area contributed by atoms with E-state index in [1.165, 1.54) is 23.5 Å². The number of halogens is 1. The van der Waals surface area contributed by atoms with Gasteiger partial charge < -0.3 is 9.80 Å². The maximum atomic E-state index is 13.0. The number of hydrogen-bond donors (Lipinski definition) is 0. The Hall–Kier alpha value is -1.79. The van der Waals surface area contributed by atoms with Crippen LogP contribution in [-0.4, -0.2) is 53.9 Å². The van der Waals surface area contributed by atoms with Crippen LogP contribution in [0.2, 0.25) is 0 Å². The zero-order chi connectivity index (χ0) is 16.4. The summed E-state index contributed by atoms with van der Waals surface area (Å²) in [6.45, 7) is 5.31. The molecule has 0 spiro atoms. The molecule has 0 aliphatic carbocycles. The number of benzene rings is 1. The molecule has 1 saturated heterocycles. The molecule has 0 radical (unpaired) electrons. The minimum atomic E-state index is -0.271. The smallest absolute Gasteiger partial charge is 0.265 e. The summed E-state index contributed by atoms with van der Waals surface area (Å²) in [5, 5.41) is 0.762. The van der Waals surface area contributed by atoms with E-state index in [1.54, 1.807) is 12.1 Å². The molecule has 0 saturated carbocycles. The predicted molar refractivity (Wildman–Crippen MR) is 90.3 cm³/mol. The lowest BCUT2D eigenvalue weighted by molar-refractivity contribution is 0.0766. The third kappa shape index (κ3) is 3.59. The van der Waals surface area contributed by atoms with Gasteiger partial charge in [-0.15, -0.1) is 11.3 Å². The van der Waals surface area contributed by atoms with E-state index in [0.29, 0.717) is 4.88 Å². The molecule has 1 amide bonds. The normalized spacial score (nSPS) is 16.4. The average molecular weight is 333 g/mol. The summed E-state index contributed by atoms with van der Waals surface area (Å²) in [6.07, 6.45) is 0.991. The Balaban J connectivity index is 1.82. The van der Waals surface area contributed by atoms with Gasteiger partial charge in [-0.1, -0.05) is 0 Å². The van der Waals surface area contributed by atoms with Crippen LogP contribution in [-0.2, 0) is 0 Å². The first-order valence-electron chi connectivity index (χ1n) is 7.76. The van der Waals surface area contributed by atoms with Gasteiger partial charge in [-0.3, -0.25) is 4.79 Å². The summed E-state index contributed by atoms with van der Waals surface area (Å²) >= 11 is 1.39. The maximum absolute atomic E-state index is 13.0. The highest BCUT2D eigenvalue weighted by molar-refractivity contribution is 7.17. The molecule has 0 N–H and O–H groups in total. The Kier molecular flexibility index (Phi) is 4.73. The number of thiazole rings is 1. The highest BCUT2D eigenvalue weighted by Crippen LogP contribution is 2.29. The molecule has 2 aromatic rings. The summed E-state index contributed by atoms with van der Waals surface area (Å²) in [5.74, 6) is -0.212. The van der Waals surface area contributed by atoms with Crippen molar-refractivity contribution in [3.63, 3.8) is 0 Å². The van der Waals surface area contributed by atoms with Crippen LogP contribution in [0, 0.1) is 12.7 Å². The molecule has 1 aliphatic heterocycles. The van der Waals surface area contributed by atoms with Crippen molar-refractivity contribution < 1.29 is 9.18 Å². The van der Waals surface area contributed by atoms with Gasteiger partial charge in [0.15, 0.2) is 0 Å². The Morgan fingerprint density at radius 1 is 1.17 bits per heavy atom. The number of likely N-dealkylation sites (N-methyl/N-ethyl adjacent to an activating group) is 1. The highest BCUT2D eigenvalue weighted by Gasteiger charge is 2.23. The summed E-state index contributed by atoms with van der Waals surface area (Å²) in [7, 11) is 2.08. The Morgan fingerprint density at radius 2 is 1.91 bits per heavy atom. The van der Waals surface area contributed by atoms with E-state index in [1.807, 2.05) is 11.8 Å². The third-order valence-corrected chi connectivity index (χ3v) is 5.28. The molecule has 122 valence electrons. The van der Waals surface area contributed by atoms with E-state index in [0.717, 1.165) is 48.9 Å². The number of rotatable bonds is 2. The number of carbonyl (C=O) groups is 1. The van der Waals surface area contributed by atoms with Crippen molar-refractivity contribution in [3.05, 3.63) is 40.7 Å². The van der Waals surface area contributed by atoms with Gasteiger partial charge in [-0.2, -0.15) is 0 Å². The second-order valence-electron chi connectivity index (χ2n) is 5.89. The number of aryl methyl sites for hydroxylation is 1. The molecular weight excluding hydrogens is 313 g/mol. The van der Waals surface area contributed by atoms with Crippen molar-refractivity contribution in [1.29, 1.82) is 0 Å². The molecule has 0 bridgehead atoms. The van der Waals surface area contributed by atoms with Gasteiger partial charge in [0, 0.05) is 25.2 Å². The summed E-state index contributed by atoms with van der Waals surface area (Å²) in [6, 6.07) is 6.22. The second kappa shape index (κ2) is 6.76. The number of carbonyl (C=O) groups excluding carboxylic acids is 1. The Bertz CT molecular complexity index is 698. The fourth-order valence-electron chi connectivity index (χ4n) is 2.70. The van der Waals surface area contributed by atoms with Crippen LogP contribution in [0.1, 0.15) is 21.8 Å². The first kappa shape index (κ1) is 16.1. The quantitative estimate of drug-likeness (QED) is 0.847. The van der Waals surface area contributed by atoms with Crippen molar-refractivity contribution in [2.24, 2.45) is 0 Å². The van der Waals surface area contributed by atoms with Crippen LogP contribution in [0.3, 0.4) is 0 Å². The first-order valence-corrected chi connectivity index (χ1v) is 8.57. The van der Waals surface area contributed by atoms with Crippen LogP contribution in [0.15, 0.2) is 24.3 Å². The third-order valence-electron chi connectivity index (χ3n) is 4.09. The van der Waals surface area contributed by atoms with E-state index in [4.69, 9.17) is 0 Å². The van der Waals surface area contributed by atoms with Gasteiger partial charge >= 0.3 is 0 Å². The zero-order valence-corrected chi connectivity index (χ0v) is 14.2. The van der Waals surface area contributed by atoms with Gasteiger partial charge in [-0.25, -0.2) is 9.37 Å². The Labute approximate surface area is 139 Å². The summed E-state index contributed by atoms with van der Waals surface area (Å²) in [4.78, 5) is 22.2. The lowest BCUT2D eigenvalue weighted by Crippen LogP contribution is -2.34. The van der Waals surface area contributed by atoms with E-state index >= 15 is 0 Å². The fraction of sp³-hybridized carbons (Fsp3) is 0.412. The maximum Gasteiger partial charge on any atom is 0.265 e. The average Bonchev–Trinajstić information content (AvgIpc) is 2.78. The van der Waals surface area contributed by atoms with Crippen molar-refractivity contribution >= 4 is 17.2 Å². The fourth-order valence-corrected chi connectivity index (χ4v) is 3.74. The molecule has 1 aliphatic rings. The predicted octanol–water partition coefficient (Wildman–Crippen LogP) is 3.04. The van der Waals surface area contributed by atoms with Crippen molar-refractivity contribution in [2.75, 3.05) is 33.2 Å². The molecule has 2 heterocycles. The van der Waals surface area contributed by atoms with Crippen LogP contribution in [0.4, 0.5) is 4.39 Å². The zero-order valence-electron chi connectivity index (χ0n) is 13.4. The lowest BCUT2D eigenvalue weighted by Gasteiger charge is -2.19. The SMILES string of the molecule is Cc1nc(-c2ccc(F)cc2)sc1C(=O)N1CCCN(C)CC1. The highest BCUT2D eigenvalue weighted by atomic mass is 32.1. The van der Waals surface area contributed by atoms with Gasteiger partial charge in [0.2, 0.25) is 0 Å². The summed E-state index contributed by atoms with van der Waals surface area (Å²) < 4.78 is 13.0. The van der Waals surface area contributed by atoms with E-state index in [2.05, 4.69) is 16.9 Å². The number of amides is 1. The summed E-state index contributed by atoms with van der Waals surface area (Å²) in [5.41, 5.74) is 1.59. The molecule has 1 aromatic heterocycles.